The average molecular weight is 363 g/mol. The monoisotopic (exact) mass is 363 g/mol. The van der Waals surface area contributed by atoms with Crippen molar-refractivity contribution in [3.8, 4) is 17.1 Å². The molecule has 0 bridgehead atoms. The van der Waals surface area contributed by atoms with Crippen LogP contribution < -0.4 is 4.74 Å². The molecule has 132 valence electrons. The quantitative estimate of drug-likeness (QED) is 0.510. The van der Waals surface area contributed by atoms with Crippen molar-refractivity contribution in [2.75, 3.05) is 0 Å². The number of benzene rings is 1. The van der Waals surface area contributed by atoms with E-state index in [1.807, 2.05) is 30.3 Å². The van der Waals surface area contributed by atoms with Crippen molar-refractivity contribution < 1.29 is 13.5 Å². The summed E-state index contributed by atoms with van der Waals surface area (Å²) >= 11 is 0. The molecule has 0 unspecified atom stereocenters. The molecule has 27 heavy (non-hydrogen) atoms. The van der Waals surface area contributed by atoms with Crippen molar-refractivity contribution in [1.82, 2.24) is 24.6 Å². The largest absolute Gasteiger partial charge is 0.473 e. The summed E-state index contributed by atoms with van der Waals surface area (Å²) in [4.78, 5) is 8.44. The van der Waals surface area contributed by atoms with E-state index in [1.165, 1.54) is 12.4 Å². The minimum atomic E-state index is -3.61. The Labute approximate surface area is 154 Å². The molecular weight excluding hydrogens is 351 g/mol. The Bertz CT molecular complexity index is 1060. The van der Waals surface area contributed by atoms with Crippen LogP contribution in [0.4, 0.5) is 8.78 Å². The molecule has 0 saturated carbocycles. The van der Waals surface area contributed by atoms with Crippen molar-refractivity contribution >= 4 is 13.5 Å². The number of nitrogens with zero attached hydrogens (tertiary/aromatic N) is 5. The molecule has 0 fully saturated rings. The molecule has 3 aromatic heterocycles. The van der Waals surface area contributed by atoms with Gasteiger partial charge in [0.25, 0.3) is 5.82 Å². The van der Waals surface area contributed by atoms with Crippen LogP contribution in [0.1, 0.15) is 11.4 Å². The second-order valence-electron chi connectivity index (χ2n) is 5.81. The number of pyridine rings is 1. The van der Waals surface area contributed by atoms with Gasteiger partial charge in [0.2, 0.25) is 5.88 Å². The predicted molar refractivity (Wildman–Crippen MR) is 94.4 cm³/mol. The maximum Gasteiger partial charge on any atom is 0.257 e. The van der Waals surface area contributed by atoms with Gasteiger partial charge >= 0.3 is 0 Å². The summed E-state index contributed by atoms with van der Waals surface area (Å²) in [5, 5.41) is 7.07. The third kappa shape index (κ3) is 3.62. The number of fused-ring (bicyclic) bond motifs is 1. The smallest absolute Gasteiger partial charge is 0.257 e. The highest BCUT2D eigenvalue weighted by atomic mass is 19.3. The van der Waals surface area contributed by atoms with Crippen molar-refractivity contribution in [2.45, 2.75) is 12.4 Å². The van der Waals surface area contributed by atoms with E-state index in [4.69, 9.17) is 12.6 Å². The van der Waals surface area contributed by atoms with Crippen LogP contribution in [0, 0.1) is 0 Å². The number of hydrogen-bond acceptors (Lipinski definition) is 5. The molecule has 0 aliphatic rings. The first-order valence-corrected chi connectivity index (χ1v) is 8.02. The minimum absolute atomic E-state index is 0.176. The van der Waals surface area contributed by atoms with Gasteiger partial charge in [0.15, 0.2) is 19.3 Å². The Morgan fingerprint density at radius 3 is 2.52 bits per heavy atom. The second kappa shape index (κ2) is 6.75. The third-order valence-electron chi connectivity index (χ3n) is 3.85. The number of aromatic nitrogens is 5. The van der Waals surface area contributed by atoms with Crippen LogP contribution in [-0.4, -0.2) is 32.4 Å². The Kier molecular flexibility index (Phi) is 4.27. The Morgan fingerprint density at radius 1 is 1.00 bits per heavy atom. The molecule has 0 N–H and O–H groups in total. The van der Waals surface area contributed by atoms with Gasteiger partial charge in [0.05, 0.1) is 11.9 Å². The molecule has 0 aliphatic carbocycles. The molecule has 4 aromatic rings. The van der Waals surface area contributed by atoms with Crippen molar-refractivity contribution in [3.63, 3.8) is 0 Å². The molecule has 0 amide bonds. The maximum atomic E-state index is 13.4. The molecule has 4 rings (SSSR count). The zero-order valence-electron chi connectivity index (χ0n) is 14.0. The van der Waals surface area contributed by atoms with E-state index in [9.17, 15) is 8.78 Å². The summed E-state index contributed by atoms with van der Waals surface area (Å²) in [6.07, 6.45) is 4.30. The van der Waals surface area contributed by atoms with Gasteiger partial charge in [-0.05, 0) is 11.6 Å². The third-order valence-corrected chi connectivity index (χ3v) is 3.85. The van der Waals surface area contributed by atoms with Crippen molar-refractivity contribution in [2.24, 2.45) is 0 Å². The van der Waals surface area contributed by atoms with Gasteiger partial charge in [-0.2, -0.15) is 0 Å². The molecule has 1 aromatic carbocycles. The molecule has 0 saturated heterocycles. The van der Waals surface area contributed by atoms with Crippen molar-refractivity contribution in [1.29, 1.82) is 0 Å². The normalized spacial score (nSPS) is 11.6. The fourth-order valence-electron chi connectivity index (χ4n) is 2.53. The van der Waals surface area contributed by atoms with Gasteiger partial charge in [-0.1, -0.05) is 30.3 Å². The highest BCUT2D eigenvalue weighted by Gasteiger charge is 2.30. The molecule has 3 heterocycles. The highest BCUT2D eigenvalue weighted by Crippen LogP contribution is 2.24. The van der Waals surface area contributed by atoms with E-state index in [0.717, 1.165) is 9.96 Å². The number of hydrogen-bond donors (Lipinski definition) is 0. The first-order chi connectivity index (χ1) is 13.0. The molecule has 9 heteroatoms. The standard InChI is InChI=1S/C18H12BF2N5O/c19-18(20,21)17-25-24-15-9-22-14(10-26(15)17)13-6-7-16(23-8-13)27-11-12-4-2-1-3-5-12/h1-10H,11H2. The summed E-state index contributed by atoms with van der Waals surface area (Å²) < 4.78 is 33.6. The van der Waals surface area contributed by atoms with Crippen LogP contribution in [0.5, 0.6) is 5.88 Å². The maximum absolute atomic E-state index is 13.4. The van der Waals surface area contributed by atoms with Gasteiger partial charge in [-0.3, -0.25) is 9.38 Å². The lowest BCUT2D eigenvalue weighted by molar-refractivity contribution is 0.0823. The van der Waals surface area contributed by atoms with E-state index in [-0.39, 0.29) is 5.65 Å². The van der Waals surface area contributed by atoms with Crippen LogP contribution in [0.3, 0.4) is 0 Å². The van der Waals surface area contributed by atoms with E-state index >= 15 is 0 Å². The van der Waals surface area contributed by atoms with Gasteiger partial charge in [0, 0.05) is 24.0 Å². The highest BCUT2D eigenvalue weighted by molar-refractivity contribution is 6.13. The minimum Gasteiger partial charge on any atom is -0.473 e. The lowest BCUT2D eigenvalue weighted by Crippen LogP contribution is -2.17. The van der Waals surface area contributed by atoms with E-state index < -0.39 is 11.6 Å². The van der Waals surface area contributed by atoms with E-state index in [1.54, 1.807) is 18.3 Å². The fourth-order valence-corrected chi connectivity index (χ4v) is 2.53. The zero-order valence-corrected chi connectivity index (χ0v) is 14.0. The molecule has 0 aliphatic heterocycles. The lowest BCUT2D eigenvalue weighted by atomic mass is 9.98. The van der Waals surface area contributed by atoms with Gasteiger partial charge in [-0.25, -0.2) is 13.8 Å². The number of rotatable bonds is 5. The summed E-state index contributed by atoms with van der Waals surface area (Å²) in [5.41, 5.74) is 2.26. The van der Waals surface area contributed by atoms with Crippen LogP contribution in [-0.2, 0) is 12.4 Å². The number of ether oxygens (including phenoxy) is 1. The van der Waals surface area contributed by atoms with E-state index in [2.05, 4.69) is 20.2 Å². The van der Waals surface area contributed by atoms with Crippen LogP contribution in [0.25, 0.3) is 16.9 Å². The summed E-state index contributed by atoms with van der Waals surface area (Å²) in [6, 6.07) is 13.1. The summed E-state index contributed by atoms with van der Waals surface area (Å²) in [6.45, 7) is 0.396. The molecule has 6 nitrogen and oxygen atoms in total. The average Bonchev–Trinajstić information content (AvgIpc) is 3.11. The number of halogens is 2. The Morgan fingerprint density at radius 2 is 1.81 bits per heavy atom. The van der Waals surface area contributed by atoms with Gasteiger partial charge < -0.3 is 4.74 Å². The summed E-state index contributed by atoms with van der Waals surface area (Å²) in [7, 11) is 4.85. The van der Waals surface area contributed by atoms with Crippen LogP contribution >= 0.6 is 0 Å². The topological polar surface area (TPSA) is 65.2 Å². The van der Waals surface area contributed by atoms with Crippen LogP contribution in [0.15, 0.2) is 61.1 Å². The summed E-state index contributed by atoms with van der Waals surface area (Å²) in [5.74, 6) is -3.81. The second-order valence-corrected chi connectivity index (χ2v) is 5.81. The Balaban J connectivity index is 1.56. The first-order valence-electron chi connectivity index (χ1n) is 8.02. The van der Waals surface area contributed by atoms with Crippen LogP contribution in [0.2, 0.25) is 0 Å². The molecule has 0 atom stereocenters. The molecule has 0 spiro atoms. The lowest BCUT2D eigenvalue weighted by Gasteiger charge is -2.09. The number of alkyl halides is 2. The first kappa shape index (κ1) is 17.1. The fraction of sp³-hybridized carbons (Fsp3) is 0.111. The van der Waals surface area contributed by atoms with Crippen molar-refractivity contribution in [3.05, 3.63) is 72.4 Å². The van der Waals surface area contributed by atoms with Gasteiger partial charge in [-0.15, -0.1) is 10.2 Å². The van der Waals surface area contributed by atoms with E-state index in [0.29, 0.717) is 23.7 Å². The van der Waals surface area contributed by atoms with Gasteiger partial charge in [0.1, 0.15) is 6.61 Å². The SMILES string of the molecule is [B]C(F)(F)c1nnc2cnc(-c3ccc(OCc4ccccc4)nc3)cn12. The Hall–Kier alpha value is -3.36. The molecule has 2 radical (unpaired) electrons. The predicted octanol–water partition coefficient (Wildman–Crippen LogP) is 2.98. The molecular formula is C18H12BF2N5O. The zero-order chi connectivity index (χ0) is 18.9.